The molecule has 1 aromatic carbocycles. The fourth-order valence-electron chi connectivity index (χ4n) is 2.97. The zero-order chi connectivity index (χ0) is 15.1. The van der Waals surface area contributed by atoms with Crippen molar-refractivity contribution < 1.29 is 0 Å². The van der Waals surface area contributed by atoms with Crippen molar-refractivity contribution in [1.82, 2.24) is 15.1 Å². The van der Waals surface area contributed by atoms with Crippen LogP contribution >= 0.6 is 0 Å². The number of nitriles is 1. The highest BCUT2D eigenvalue weighted by Crippen LogP contribution is 2.24. The quantitative estimate of drug-likeness (QED) is 0.867. The first-order chi connectivity index (χ1) is 10.2. The summed E-state index contributed by atoms with van der Waals surface area (Å²) < 4.78 is 0. The Hall–Kier alpha value is -1.41. The summed E-state index contributed by atoms with van der Waals surface area (Å²) >= 11 is 0. The predicted molar refractivity (Wildman–Crippen MR) is 85.9 cm³/mol. The fraction of sp³-hybridized carbons (Fsp3) is 0.588. The van der Waals surface area contributed by atoms with E-state index in [9.17, 15) is 5.26 Å². The molecule has 2 unspecified atom stereocenters. The third kappa shape index (κ3) is 4.53. The number of piperazine rings is 1. The van der Waals surface area contributed by atoms with Crippen LogP contribution in [0.4, 0.5) is 0 Å². The number of hydrogen-bond donors (Lipinski definition) is 1. The summed E-state index contributed by atoms with van der Waals surface area (Å²) in [4.78, 5) is 4.91. The van der Waals surface area contributed by atoms with Gasteiger partial charge in [0.25, 0.3) is 0 Å². The van der Waals surface area contributed by atoms with Crippen LogP contribution in [0.5, 0.6) is 0 Å². The normalized spacial score (nSPS) is 21.9. The fourth-order valence-corrected chi connectivity index (χ4v) is 2.97. The van der Waals surface area contributed by atoms with Crippen molar-refractivity contribution in [1.29, 1.82) is 5.26 Å². The van der Waals surface area contributed by atoms with E-state index in [4.69, 9.17) is 0 Å². The average molecular weight is 286 g/mol. The summed E-state index contributed by atoms with van der Waals surface area (Å²) in [6.45, 7) is 7.10. The summed E-state index contributed by atoms with van der Waals surface area (Å²) in [7, 11) is 2.18. The standard InChI is InChI=1S/C17H26N4/c1-3-19-16(13-18)9-10-21-12-11-20(2)14-17(21)15-7-5-4-6-8-15/h4-8,16-17,19H,3,9-12,14H2,1-2H3. The Kier molecular flexibility index (Phi) is 6.19. The average Bonchev–Trinajstić information content (AvgIpc) is 2.53. The third-order valence-corrected chi connectivity index (χ3v) is 4.19. The smallest absolute Gasteiger partial charge is 0.0965 e. The van der Waals surface area contributed by atoms with E-state index < -0.39 is 0 Å². The van der Waals surface area contributed by atoms with Crippen molar-refractivity contribution in [3.8, 4) is 6.07 Å². The Morgan fingerprint density at radius 1 is 1.33 bits per heavy atom. The van der Waals surface area contributed by atoms with Crippen molar-refractivity contribution in [2.24, 2.45) is 0 Å². The van der Waals surface area contributed by atoms with Crippen LogP contribution in [0.3, 0.4) is 0 Å². The van der Waals surface area contributed by atoms with E-state index in [-0.39, 0.29) is 6.04 Å². The van der Waals surface area contributed by atoms with Gasteiger partial charge >= 0.3 is 0 Å². The van der Waals surface area contributed by atoms with E-state index in [2.05, 4.69) is 58.6 Å². The maximum atomic E-state index is 9.17. The molecule has 1 heterocycles. The van der Waals surface area contributed by atoms with Crippen molar-refractivity contribution >= 4 is 0 Å². The molecule has 21 heavy (non-hydrogen) atoms. The van der Waals surface area contributed by atoms with Gasteiger partial charge in [-0.25, -0.2) is 0 Å². The second-order valence-corrected chi connectivity index (χ2v) is 5.75. The van der Waals surface area contributed by atoms with Crippen molar-refractivity contribution in [3.63, 3.8) is 0 Å². The maximum absolute atomic E-state index is 9.17. The van der Waals surface area contributed by atoms with Gasteiger partial charge in [0.1, 0.15) is 0 Å². The van der Waals surface area contributed by atoms with Gasteiger partial charge in [0.2, 0.25) is 0 Å². The summed E-state index contributed by atoms with van der Waals surface area (Å²) in [5.74, 6) is 0. The SMILES string of the molecule is CCNC(C#N)CCN1CCN(C)CC1c1ccccc1. The van der Waals surface area contributed by atoms with Crippen LogP contribution in [0.1, 0.15) is 24.9 Å². The molecule has 1 N–H and O–H groups in total. The monoisotopic (exact) mass is 286 g/mol. The van der Waals surface area contributed by atoms with Gasteiger partial charge in [-0.05, 0) is 25.6 Å². The first kappa shape index (κ1) is 16.0. The highest BCUT2D eigenvalue weighted by molar-refractivity contribution is 5.20. The molecule has 0 aliphatic carbocycles. The minimum absolute atomic E-state index is 0.0360. The lowest BCUT2D eigenvalue weighted by Gasteiger charge is -2.40. The van der Waals surface area contributed by atoms with Gasteiger partial charge in [0.05, 0.1) is 12.1 Å². The van der Waals surface area contributed by atoms with Gasteiger partial charge in [-0.2, -0.15) is 5.26 Å². The molecular weight excluding hydrogens is 260 g/mol. The molecule has 0 bridgehead atoms. The Labute approximate surface area is 128 Å². The van der Waals surface area contributed by atoms with E-state index in [1.54, 1.807) is 0 Å². The van der Waals surface area contributed by atoms with Crippen LogP contribution in [-0.2, 0) is 0 Å². The molecule has 4 nitrogen and oxygen atoms in total. The van der Waals surface area contributed by atoms with Gasteiger partial charge in [0.15, 0.2) is 0 Å². The van der Waals surface area contributed by atoms with E-state index in [1.807, 2.05) is 6.92 Å². The van der Waals surface area contributed by atoms with Crippen LogP contribution in [0.25, 0.3) is 0 Å². The number of hydrogen-bond acceptors (Lipinski definition) is 4. The molecule has 0 spiro atoms. The van der Waals surface area contributed by atoms with Crippen LogP contribution in [0, 0.1) is 11.3 Å². The minimum Gasteiger partial charge on any atom is -0.303 e. The van der Waals surface area contributed by atoms with Gasteiger partial charge < -0.3 is 10.2 Å². The Bertz CT molecular complexity index is 454. The van der Waals surface area contributed by atoms with Crippen molar-refractivity contribution in [3.05, 3.63) is 35.9 Å². The molecule has 1 aromatic rings. The molecule has 2 rings (SSSR count). The third-order valence-electron chi connectivity index (χ3n) is 4.19. The van der Waals surface area contributed by atoms with E-state index in [0.717, 1.165) is 39.1 Å². The summed E-state index contributed by atoms with van der Waals surface area (Å²) in [6.07, 6.45) is 0.886. The molecular formula is C17H26N4. The van der Waals surface area contributed by atoms with Gasteiger partial charge in [0, 0.05) is 32.2 Å². The second kappa shape index (κ2) is 8.14. The minimum atomic E-state index is -0.0360. The van der Waals surface area contributed by atoms with Crippen LogP contribution < -0.4 is 5.32 Å². The Balaban J connectivity index is 2.00. The lowest BCUT2D eigenvalue weighted by atomic mass is 10.0. The number of benzene rings is 1. The van der Waals surface area contributed by atoms with Gasteiger partial charge in [-0.3, -0.25) is 4.90 Å². The first-order valence-electron chi connectivity index (χ1n) is 7.85. The summed E-state index contributed by atoms with van der Waals surface area (Å²) in [5, 5.41) is 12.4. The van der Waals surface area contributed by atoms with E-state index >= 15 is 0 Å². The molecule has 1 aliphatic heterocycles. The zero-order valence-corrected chi connectivity index (χ0v) is 13.1. The van der Waals surface area contributed by atoms with Crippen LogP contribution in [0.15, 0.2) is 30.3 Å². The van der Waals surface area contributed by atoms with Crippen molar-refractivity contribution in [2.45, 2.75) is 25.4 Å². The van der Waals surface area contributed by atoms with E-state index in [1.165, 1.54) is 5.56 Å². The largest absolute Gasteiger partial charge is 0.303 e. The summed E-state index contributed by atoms with van der Waals surface area (Å²) in [6, 6.07) is 13.5. The first-order valence-corrected chi connectivity index (χ1v) is 7.85. The molecule has 2 atom stereocenters. The second-order valence-electron chi connectivity index (χ2n) is 5.75. The van der Waals surface area contributed by atoms with Crippen molar-refractivity contribution in [2.75, 3.05) is 39.8 Å². The molecule has 4 heteroatoms. The molecule has 1 fully saturated rings. The van der Waals surface area contributed by atoms with E-state index in [0.29, 0.717) is 6.04 Å². The molecule has 0 aromatic heterocycles. The van der Waals surface area contributed by atoms with Crippen LogP contribution in [-0.4, -0.2) is 55.6 Å². The summed E-state index contributed by atoms with van der Waals surface area (Å²) in [5.41, 5.74) is 1.38. The maximum Gasteiger partial charge on any atom is 0.0965 e. The topological polar surface area (TPSA) is 42.3 Å². The highest BCUT2D eigenvalue weighted by atomic mass is 15.3. The number of rotatable bonds is 6. The van der Waals surface area contributed by atoms with Crippen LogP contribution in [0.2, 0.25) is 0 Å². The Morgan fingerprint density at radius 3 is 2.76 bits per heavy atom. The molecule has 0 radical (unpaired) electrons. The van der Waals surface area contributed by atoms with Gasteiger partial charge in [-0.15, -0.1) is 0 Å². The zero-order valence-electron chi connectivity index (χ0n) is 13.1. The van der Waals surface area contributed by atoms with Gasteiger partial charge in [-0.1, -0.05) is 37.3 Å². The molecule has 0 saturated carbocycles. The lowest BCUT2D eigenvalue weighted by Crippen LogP contribution is -2.48. The molecule has 1 aliphatic rings. The highest BCUT2D eigenvalue weighted by Gasteiger charge is 2.26. The number of nitrogens with one attached hydrogen (secondary N) is 1. The lowest BCUT2D eigenvalue weighted by molar-refractivity contribution is 0.0874. The molecule has 114 valence electrons. The number of likely N-dealkylation sites (N-methyl/N-ethyl adjacent to an activating group) is 1. The molecule has 1 saturated heterocycles. The predicted octanol–water partition coefficient (Wildman–Crippen LogP) is 1.87. The molecule has 0 amide bonds. The Morgan fingerprint density at radius 2 is 2.10 bits per heavy atom. The number of nitrogens with zero attached hydrogens (tertiary/aromatic N) is 3.